The first kappa shape index (κ1) is 21.4. The van der Waals surface area contributed by atoms with Crippen LogP contribution < -0.4 is 10.1 Å². The molecular weight excluding hydrogens is 426 g/mol. The van der Waals surface area contributed by atoms with Crippen molar-refractivity contribution in [3.63, 3.8) is 0 Å². The van der Waals surface area contributed by atoms with E-state index in [2.05, 4.69) is 5.32 Å². The number of nitrogens with zero attached hydrogens (tertiary/aromatic N) is 1. The maximum atomic E-state index is 13.0. The number of nitrogens with one attached hydrogen (secondary N) is 1. The smallest absolute Gasteiger partial charge is 0.266 e. The SMILES string of the molecule is N#C/C(=C\c1cc(Cl)ccc1OCc1ccc(Cl)cc1)C(=O)Nc1ccc(F)cc1. The Bertz CT molecular complexity index is 1120. The van der Waals surface area contributed by atoms with Gasteiger partial charge in [0, 0.05) is 21.3 Å². The van der Waals surface area contributed by atoms with Crippen LogP contribution in [0.4, 0.5) is 10.1 Å². The Balaban J connectivity index is 1.81. The summed E-state index contributed by atoms with van der Waals surface area (Å²) in [4.78, 5) is 12.5. The van der Waals surface area contributed by atoms with E-state index in [-0.39, 0.29) is 12.2 Å². The number of rotatable bonds is 6. The molecule has 0 spiro atoms. The van der Waals surface area contributed by atoms with E-state index >= 15 is 0 Å². The van der Waals surface area contributed by atoms with E-state index in [1.807, 2.05) is 18.2 Å². The van der Waals surface area contributed by atoms with Gasteiger partial charge in [-0.05, 0) is 66.2 Å². The van der Waals surface area contributed by atoms with Crippen LogP contribution in [0.1, 0.15) is 11.1 Å². The van der Waals surface area contributed by atoms with Gasteiger partial charge in [0.25, 0.3) is 5.91 Å². The Kier molecular flexibility index (Phi) is 7.08. The lowest BCUT2D eigenvalue weighted by molar-refractivity contribution is -0.112. The normalized spacial score (nSPS) is 10.9. The maximum Gasteiger partial charge on any atom is 0.266 e. The molecule has 0 fully saturated rings. The average Bonchev–Trinajstić information content (AvgIpc) is 2.74. The number of benzene rings is 3. The van der Waals surface area contributed by atoms with Crippen LogP contribution in [0.2, 0.25) is 10.0 Å². The van der Waals surface area contributed by atoms with Crippen molar-refractivity contribution in [2.75, 3.05) is 5.32 Å². The summed E-state index contributed by atoms with van der Waals surface area (Å²) in [5.74, 6) is -0.602. The highest BCUT2D eigenvalue weighted by molar-refractivity contribution is 6.31. The number of ether oxygens (including phenoxy) is 1. The average molecular weight is 441 g/mol. The number of carbonyl (C=O) groups excluding carboxylic acids is 1. The maximum absolute atomic E-state index is 13.0. The van der Waals surface area contributed by atoms with E-state index in [9.17, 15) is 14.4 Å². The molecule has 150 valence electrons. The monoisotopic (exact) mass is 440 g/mol. The summed E-state index contributed by atoms with van der Waals surface area (Å²) in [6.45, 7) is 0.267. The Hall–Kier alpha value is -3.33. The molecule has 0 atom stereocenters. The summed E-state index contributed by atoms with van der Waals surface area (Å²) in [6, 6.07) is 19.2. The third-order valence-corrected chi connectivity index (χ3v) is 4.53. The summed E-state index contributed by atoms with van der Waals surface area (Å²) in [6.07, 6.45) is 1.39. The first-order valence-electron chi connectivity index (χ1n) is 8.80. The van der Waals surface area contributed by atoms with Crippen LogP contribution in [0.25, 0.3) is 6.08 Å². The summed E-state index contributed by atoms with van der Waals surface area (Å²) in [7, 11) is 0. The summed E-state index contributed by atoms with van der Waals surface area (Å²) >= 11 is 12.0. The molecule has 1 amide bonds. The molecule has 0 aromatic heterocycles. The molecule has 3 rings (SSSR count). The lowest BCUT2D eigenvalue weighted by atomic mass is 10.1. The van der Waals surface area contributed by atoms with Gasteiger partial charge in [-0.1, -0.05) is 35.3 Å². The molecule has 0 heterocycles. The van der Waals surface area contributed by atoms with Crippen LogP contribution in [-0.2, 0) is 11.4 Å². The molecule has 4 nitrogen and oxygen atoms in total. The van der Waals surface area contributed by atoms with Gasteiger partial charge in [0.2, 0.25) is 0 Å². The van der Waals surface area contributed by atoms with Gasteiger partial charge in [-0.15, -0.1) is 0 Å². The standard InChI is InChI=1S/C23H15Cl2FN2O2/c24-18-3-1-15(2-4-18)14-30-22-10-5-19(25)12-16(22)11-17(13-27)23(29)28-21-8-6-20(26)7-9-21/h1-12H,14H2,(H,28,29)/b17-11+. The van der Waals surface area contributed by atoms with E-state index in [4.69, 9.17) is 27.9 Å². The van der Waals surface area contributed by atoms with Gasteiger partial charge < -0.3 is 10.1 Å². The molecule has 0 saturated heterocycles. The van der Waals surface area contributed by atoms with Crippen molar-refractivity contribution >= 4 is 40.9 Å². The highest BCUT2D eigenvalue weighted by Gasteiger charge is 2.12. The number of amides is 1. The van der Waals surface area contributed by atoms with Gasteiger partial charge >= 0.3 is 0 Å². The number of carbonyl (C=O) groups is 1. The largest absolute Gasteiger partial charge is 0.488 e. The third-order valence-electron chi connectivity index (χ3n) is 4.05. The minimum Gasteiger partial charge on any atom is -0.488 e. The van der Waals surface area contributed by atoms with Gasteiger partial charge in [-0.25, -0.2) is 4.39 Å². The zero-order chi connectivity index (χ0) is 21.5. The van der Waals surface area contributed by atoms with Crippen LogP contribution in [0.3, 0.4) is 0 Å². The van der Waals surface area contributed by atoms with E-state index in [1.54, 1.807) is 30.3 Å². The van der Waals surface area contributed by atoms with Crippen molar-refractivity contribution in [3.8, 4) is 11.8 Å². The Morgan fingerprint density at radius 2 is 1.70 bits per heavy atom. The molecular formula is C23H15Cl2FN2O2. The number of hydrogen-bond acceptors (Lipinski definition) is 3. The number of nitriles is 1. The fourth-order valence-corrected chi connectivity index (χ4v) is 2.85. The minimum atomic E-state index is -0.632. The van der Waals surface area contributed by atoms with E-state index in [0.717, 1.165) is 5.56 Å². The summed E-state index contributed by atoms with van der Waals surface area (Å²) < 4.78 is 18.9. The first-order valence-corrected chi connectivity index (χ1v) is 9.56. The molecule has 0 radical (unpaired) electrons. The van der Waals surface area contributed by atoms with E-state index < -0.39 is 11.7 Å². The molecule has 30 heavy (non-hydrogen) atoms. The Labute approximate surface area is 183 Å². The van der Waals surface area contributed by atoms with Crippen molar-refractivity contribution in [1.82, 2.24) is 0 Å². The quantitative estimate of drug-likeness (QED) is 0.363. The van der Waals surface area contributed by atoms with Gasteiger partial charge in [0.1, 0.15) is 29.8 Å². The molecule has 0 bridgehead atoms. The van der Waals surface area contributed by atoms with Crippen LogP contribution >= 0.6 is 23.2 Å². The van der Waals surface area contributed by atoms with Crippen LogP contribution in [0.15, 0.2) is 72.3 Å². The molecule has 1 N–H and O–H groups in total. The van der Waals surface area contributed by atoms with E-state index in [0.29, 0.717) is 27.0 Å². The minimum absolute atomic E-state index is 0.155. The zero-order valence-corrected chi connectivity index (χ0v) is 17.0. The fraction of sp³-hybridized carbons (Fsp3) is 0.0435. The first-order chi connectivity index (χ1) is 14.4. The van der Waals surface area contributed by atoms with Crippen molar-refractivity contribution in [1.29, 1.82) is 5.26 Å². The zero-order valence-electron chi connectivity index (χ0n) is 15.5. The topological polar surface area (TPSA) is 62.1 Å². The number of anilines is 1. The lowest BCUT2D eigenvalue weighted by Gasteiger charge is -2.11. The van der Waals surface area contributed by atoms with Crippen molar-refractivity contribution in [2.24, 2.45) is 0 Å². The Morgan fingerprint density at radius 1 is 1.03 bits per heavy atom. The molecule has 3 aromatic rings. The fourth-order valence-electron chi connectivity index (χ4n) is 2.54. The summed E-state index contributed by atoms with van der Waals surface area (Å²) in [5.41, 5.74) is 1.59. The number of hydrogen-bond donors (Lipinski definition) is 1. The molecule has 0 saturated carbocycles. The number of halogens is 3. The molecule has 7 heteroatoms. The second-order valence-electron chi connectivity index (χ2n) is 6.23. The molecule has 0 aliphatic carbocycles. The highest BCUT2D eigenvalue weighted by Crippen LogP contribution is 2.26. The molecule has 0 unspecified atom stereocenters. The van der Waals surface area contributed by atoms with Gasteiger partial charge in [-0.2, -0.15) is 5.26 Å². The second kappa shape index (κ2) is 9.93. The second-order valence-corrected chi connectivity index (χ2v) is 7.10. The summed E-state index contributed by atoms with van der Waals surface area (Å²) in [5, 5.41) is 13.1. The lowest BCUT2D eigenvalue weighted by Crippen LogP contribution is -2.13. The van der Waals surface area contributed by atoms with Gasteiger partial charge in [0.05, 0.1) is 0 Å². The van der Waals surface area contributed by atoms with Crippen molar-refractivity contribution < 1.29 is 13.9 Å². The Morgan fingerprint density at radius 3 is 2.37 bits per heavy atom. The van der Waals surface area contributed by atoms with Crippen molar-refractivity contribution in [2.45, 2.75) is 6.61 Å². The molecule has 0 aliphatic rings. The molecule has 3 aromatic carbocycles. The predicted molar refractivity (Wildman–Crippen MR) is 116 cm³/mol. The predicted octanol–water partition coefficient (Wildman–Crippen LogP) is 6.26. The highest BCUT2D eigenvalue weighted by atomic mass is 35.5. The molecule has 0 aliphatic heterocycles. The van der Waals surface area contributed by atoms with Crippen molar-refractivity contribution in [3.05, 3.63) is 99.3 Å². The third kappa shape index (κ3) is 5.84. The van der Waals surface area contributed by atoms with Crippen LogP contribution in [0.5, 0.6) is 5.75 Å². The van der Waals surface area contributed by atoms with Gasteiger partial charge in [0.15, 0.2) is 0 Å². The van der Waals surface area contributed by atoms with Crippen LogP contribution in [-0.4, -0.2) is 5.91 Å². The van der Waals surface area contributed by atoms with Gasteiger partial charge in [-0.3, -0.25) is 4.79 Å². The van der Waals surface area contributed by atoms with E-state index in [1.165, 1.54) is 30.3 Å². The van der Waals surface area contributed by atoms with Crippen LogP contribution in [0, 0.1) is 17.1 Å².